The molecule has 0 atom stereocenters. The number of rotatable bonds is 3. The Bertz CT molecular complexity index is 782. The van der Waals surface area contributed by atoms with Crippen molar-refractivity contribution >= 4 is 46.0 Å². The number of thiocarbonyl (C=S) groups is 1. The molecule has 1 saturated heterocycles. The summed E-state index contributed by atoms with van der Waals surface area (Å²) in [4.78, 5) is 14.7. The van der Waals surface area contributed by atoms with Crippen LogP contribution < -0.4 is 4.90 Å². The second kappa shape index (κ2) is 6.64. The van der Waals surface area contributed by atoms with E-state index in [-0.39, 0.29) is 11.7 Å². The molecular formula is C18H14FNOS2. The Balaban J connectivity index is 1.88. The number of hydrogen-bond donors (Lipinski definition) is 0. The highest BCUT2D eigenvalue weighted by Crippen LogP contribution is 2.36. The molecule has 1 fully saturated rings. The van der Waals surface area contributed by atoms with Gasteiger partial charge in [0.25, 0.3) is 5.91 Å². The van der Waals surface area contributed by atoms with Crippen molar-refractivity contribution in [2.75, 3.05) is 4.90 Å². The molecule has 0 unspecified atom stereocenters. The number of carbonyl (C=O) groups excluding carboxylic acids is 1. The number of benzene rings is 2. The molecule has 0 spiro atoms. The molecule has 5 heteroatoms. The quantitative estimate of drug-likeness (QED) is 0.590. The molecular weight excluding hydrogens is 329 g/mol. The van der Waals surface area contributed by atoms with Gasteiger partial charge in [0.2, 0.25) is 0 Å². The first-order valence-corrected chi connectivity index (χ1v) is 8.43. The molecule has 1 heterocycles. The van der Waals surface area contributed by atoms with E-state index in [9.17, 15) is 9.18 Å². The molecule has 0 aromatic heterocycles. The number of aryl methyl sites for hydroxylation is 1. The van der Waals surface area contributed by atoms with E-state index in [0.717, 1.165) is 17.7 Å². The van der Waals surface area contributed by atoms with Gasteiger partial charge >= 0.3 is 0 Å². The summed E-state index contributed by atoms with van der Waals surface area (Å²) >= 11 is 6.60. The Morgan fingerprint density at radius 2 is 1.78 bits per heavy atom. The van der Waals surface area contributed by atoms with E-state index in [2.05, 4.69) is 6.92 Å². The van der Waals surface area contributed by atoms with Crippen LogP contribution in [0.1, 0.15) is 18.1 Å². The van der Waals surface area contributed by atoms with Crippen molar-refractivity contribution in [3.63, 3.8) is 0 Å². The number of halogens is 1. The fraction of sp³-hybridized carbons (Fsp3) is 0.111. The number of anilines is 1. The first-order valence-electron chi connectivity index (χ1n) is 7.21. The van der Waals surface area contributed by atoms with Gasteiger partial charge in [0.05, 0.1) is 10.6 Å². The summed E-state index contributed by atoms with van der Waals surface area (Å²) in [7, 11) is 0. The lowest BCUT2D eigenvalue weighted by atomic mass is 10.1. The van der Waals surface area contributed by atoms with Crippen LogP contribution in [0.25, 0.3) is 6.08 Å². The highest BCUT2D eigenvalue weighted by Gasteiger charge is 2.33. The minimum atomic E-state index is -0.300. The second-order valence-electron chi connectivity index (χ2n) is 5.09. The number of amides is 1. The van der Waals surface area contributed by atoms with Crippen LogP contribution in [-0.4, -0.2) is 10.2 Å². The first-order chi connectivity index (χ1) is 11.1. The van der Waals surface area contributed by atoms with Crippen molar-refractivity contribution < 1.29 is 9.18 Å². The molecule has 0 aliphatic carbocycles. The standard InChI is InChI=1S/C18H14FNOS2/c1-2-12-5-9-15(10-6-12)20-17(21)16(23-18(20)22)11-13-3-7-14(19)8-4-13/h3-11H,2H2,1H3/b16-11+. The number of thioether (sulfide) groups is 1. The van der Waals surface area contributed by atoms with Crippen molar-refractivity contribution in [2.45, 2.75) is 13.3 Å². The summed E-state index contributed by atoms with van der Waals surface area (Å²) < 4.78 is 13.5. The molecule has 1 amide bonds. The van der Waals surface area contributed by atoms with E-state index in [1.54, 1.807) is 18.2 Å². The summed E-state index contributed by atoms with van der Waals surface area (Å²) in [6.45, 7) is 2.08. The SMILES string of the molecule is CCc1ccc(N2C(=O)/C(=C\c3ccc(F)cc3)SC2=S)cc1. The van der Waals surface area contributed by atoms with Gasteiger partial charge in [0, 0.05) is 0 Å². The van der Waals surface area contributed by atoms with Crippen LogP contribution in [0.4, 0.5) is 10.1 Å². The average molecular weight is 343 g/mol. The Morgan fingerprint density at radius 3 is 2.39 bits per heavy atom. The zero-order valence-electron chi connectivity index (χ0n) is 12.5. The van der Waals surface area contributed by atoms with E-state index in [0.29, 0.717) is 9.23 Å². The maximum absolute atomic E-state index is 13.0. The van der Waals surface area contributed by atoms with Crippen LogP contribution in [-0.2, 0) is 11.2 Å². The Morgan fingerprint density at radius 1 is 1.13 bits per heavy atom. The zero-order valence-corrected chi connectivity index (χ0v) is 14.1. The van der Waals surface area contributed by atoms with Gasteiger partial charge in [-0.15, -0.1) is 0 Å². The van der Waals surface area contributed by atoms with Gasteiger partial charge < -0.3 is 0 Å². The topological polar surface area (TPSA) is 20.3 Å². The van der Waals surface area contributed by atoms with E-state index < -0.39 is 0 Å². The molecule has 0 radical (unpaired) electrons. The highest BCUT2D eigenvalue weighted by molar-refractivity contribution is 8.27. The van der Waals surface area contributed by atoms with Crippen LogP contribution in [0.15, 0.2) is 53.4 Å². The number of hydrogen-bond acceptors (Lipinski definition) is 3. The molecule has 0 saturated carbocycles. The van der Waals surface area contributed by atoms with Gasteiger partial charge in [-0.05, 0) is 47.9 Å². The van der Waals surface area contributed by atoms with Gasteiger partial charge in [0.15, 0.2) is 4.32 Å². The lowest BCUT2D eigenvalue weighted by Gasteiger charge is -2.14. The minimum Gasteiger partial charge on any atom is -0.268 e. The molecule has 23 heavy (non-hydrogen) atoms. The molecule has 1 aliphatic heterocycles. The molecule has 2 nitrogen and oxygen atoms in total. The van der Waals surface area contributed by atoms with Crippen molar-refractivity contribution in [3.8, 4) is 0 Å². The third-order valence-electron chi connectivity index (χ3n) is 3.56. The molecule has 2 aromatic carbocycles. The van der Waals surface area contributed by atoms with Crippen LogP contribution in [0.2, 0.25) is 0 Å². The fourth-order valence-electron chi connectivity index (χ4n) is 2.28. The third kappa shape index (κ3) is 3.35. The van der Waals surface area contributed by atoms with E-state index in [1.165, 1.54) is 34.4 Å². The zero-order chi connectivity index (χ0) is 16.4. The van der Waals surface area contributed by atoms with Crippen molar-refractivity contribution in [1.82, 2.24) is 0 Å². The van der Waals surface area contributed by atoms with Gasteiger partial charge in [-0.1, -0.05) is 55.2 Å². The van der Waals surface area contributed by atoms with Gasteiger partial charge in [-0.3, -0.25) is 9.69 Å². The molecule has 116 valence electrons. The Hall–Kier alpha value is -1.98. The minimum absolute atomic E-state index is 0.145. The molecule has 1 aliphatic rings. The van der Waals surface area contributed by atoms with E-state index in [4.69, 9.17) is 12.2 Å². The second-order valence-corrected chi connectivity index (χ2v) is 6.76. The van der Waals surface area contributed by atoms with E-state index in [1.807, 2.05) is 24.3 Å². The molecule has 0 N–H and O–H groups in total. The smallest absolute Gasteiger partial charge is 0.268 e. The Labute approximate surface area is 144 Å². The normalized spacial score (nSPS) is 16.4. The summed E-state index contributed by atoms with van der Waals surface area (Å²) in [5.74, 6) is -0.445. The maximum atomic E-state index is 13.0. The van der Waals surface area contributed by atoms with Gasteiger partial charge in [-0.2, -0.15) is 0 Å². The average Bonchev–Trinajstić information content (AvgIpc) is 2.84. The number of nitrogens with zero attached hydrogens (tertiary/aromatic N) is 1. The van der Waals surface area contributed by atoms with Crippen molar-refractivity contribution in [3.05, 3.63) is 70.4 Å². The van der Waals surface area contributed by atoms with Crippen LogP contribution in [0.5, 0.6) is 0 Å². The predicted octanol–water partition coefficient (Wildman–Crippen LogP) is 4.79. The van der Waals surface area contributed by atoms with E-state index >= 15 is 0 Å². The lowest BCUT2D eigenvalue weighted by Crippen LogP contribution is -2.27. The predicted molar refractivity (Wildman–Crippen MR) is 97.9 cm³/mol. The van der Waals surface area contributed by atoms with Crippen LogP contribution in [0, 0.1) is 5.82 Å². The molecule has 0 bridgehead atoms. The summed E-state index contributed by atoms with van der Waals surface area (Å²) in [6, 6.07) is 13.8. The third-order valence-corrected chi connectivity index (χ3v) is 4.87. The fourth-order valence-corrected chi connectivity index (χ4v) is 3.58. The van der Waals surface area contributed by atoms with Crippen molar-refractivity contribution in [2.24, 2.45) is 0 Å². The summed E-state index contributed by atoms with van der Waals surface area (Å²) in [5, 5.41) is 0. The monoisotopic (exact) mass is 343 g/mol. The largest absolute Gasteiger partial charge is 0.270 e. The summed E-state index contributed by atoms with van der Waals surface area (Å²) in [6.07, 6.45) is 2.68. The lowest BCUT2D eigenvalue weighted by molar-refractivity contribution is -0.113. The Kier molecular flexibility index (Phi) is 4.59. The highest BCUT2D eigenvalue weighted by atomic mass is 32.2. The van der Waals surface area contributed by atoms with Gasteiger partial charge in [0.1, 0.15) is 5.82 Å². The first kappa shape index (κ1) is 15.9. The maximum Gasteiger partial charge on any atom is 0.270 e. The summed E-state index contributed by atoms with van der Waals surface area (Å²) in [5.41, 5.74) is 2.75. The van der Waals surface area contributed by atoms with Crippen molar-refractivity contribution in [1.29, 1.82) is 0 Å². The molecule has 2 aromatic rings. The van der Waals surface area contributed by atoms with Crippen LogP contribution >= 0.6 is 24.0 Å². The molecule has 3 rings (SSSR count). The van der Waals surface area contributed by atoms with Gasteiger partial charge in [-0.25, -0.2) is 4.39 Å². The number of carbonyl (C=O) groups is 1. The van der Waals surface area contributed by atoms with Crippen LogP contribution in [0.3, 0.4) is 0 Å².